The van der Waals surface area contributed by atoms with Crippen LogP contribution in [0.1, 0.15) is 32.9 Å². The largest absolute Gasteiger partial charge is 0.457 e. The molecule has 0 spiro atoms. The maximum absolute atomic E-state index is 5.61. The van der Waals surface area contributed by atoms with E-state index >= 15 is 0 Å². The second-order valence-electron chi connectivity index (χ2n) is 3.70. The quantitative estimate of drug-likeness (QED) is 0.716. The maximum Gasteiger partial charge on any atom is 0.317 e. The fourth-order valence-electron chi connectivity index (χ4n) is 0.794. The van der Waals surface area contributed by atoms with Gasteiger partial charge in [0.15, 0.2) is 0 Å². The molecule has 0 bridgehead atoms. The van der Waals surface area contributed by atoms with Crippen molar-refractivity contribution in [1.29, 1.82) is 0 Å². The van der Waals surface area contributed by atoms with E-state index < -0.39 is 0 Å². The van der Waals surface area contributed by atoms with Crippen LogP contribution in [-0.4, -0.2) is 15.6 Å². The summed E-state index contributed by atoms with van der Waals surface area (Å²) in [5.74, 6) is 0. The van der Waals surface area contributed by atoms with Gasteiger partial charge in [0.25, 0.3) is 0 Å². The number of rotatable bonds is 3. The molecular weight excluding hydrogens is 164 g/mol. The maximum atomic E-state index is 5.61. The van der Waals surface area contributed by atoms with Crippen LogP contribution < -0.4 is 4.74 Å². The summed E-state index contributed by atoms with van der Waals surface area (Å²) in [6.07, 6.45) is 2.65. The van der Waals surface area contributed by atoms with E-state index in [1.54, 1.807) is 6.20 Å². The highest BCUT2D eigenvalue weighted by molar-refractivity contribution is 5.04. The molecule has 1 aromatic rings. The molecule has 0 saturated carbocycles. The minimum Gasteiger partial charge on any atom is -0.457 e. The molecule has 0 aliphatic carbocycles. The van der Waals surface area contributed by atoms with Gasteiger partial charge in [0.1, 0.15) is 5.60 Å². The van der Waals surface area contributed by atoms with Crippen LogP contribution in [0.3, 0.4) is 0 Å². The van der Waals surface area contributed by atoms with Crippen molar-refractivity contribution in [1.82, 2.24) is 9.97 Å². The van der Waals surface area contributed by atoms with E-state index in [-0.39, 0.29) is 5.60 Å². The monoisotopic (exact) mass is 180 g/mol. The molecule has 0 aliphatic rings. The Morgan fingerprint density at radius 3 is 2.69 bits per heavy atom. The Balaban J connectivity index is 2.74. The predicted molar refractivity (Wildman–Crippen MR) is 51.8 cm³/mol. The zero-order valence-electron chi connectivity index (χ0n) is 8.66. The number of ether oxygens (including phenoxy) is 1. The first-order valence-corrected chi connectivity index (χ1v) is 4.52. The molecule has 0 fully saturated rings. The number of hydrogen-bond acceptors (Lipinski definition) is 3. The lowest BCUT2D eigenvalue weighted by Crippen LogP contribution is -2.27. The molecule has 1 aromatic heterocycles. The summed E-state index contributed by atoms with van der Waals surface area (Å²) in [5.41, 5.74) is 0.741. The van der Waals surface area contributed by atoms with Crippen molar-refractivity contribution < 1.29 is 4.74 Å². The summed E-state index contributed by atoms with van der Waals surface area (Å²) in [7, 11) is 0. The van der Waals surface area contributed by atoms with Crippen LogP contribution in [0.25, 0.3) is 0 Å². The Kier molecular flexibility index (Phi) is 2.86. The lowest BCUT2D eigenvalue weighted by molar-refractivity contribution is 0.0922. The number of hydrogen-bond donors (Lipinski definition) is 0. The number of nitrogens with zero attached hydrogens (tertiary/aromatic N) is 2. The first-order valence-electron chi connectivity index (χ1n) is 4.52. The van der Waals surface area contributed by atoms with E-state index in [1.165, 1.54) is 0 Å². The molecule has 1 heterocycles. The smallest absolute Gasteiger partial charge is 0.317 e. The number of aryl methyl sites for hydroxylation is 1. The van der Waals surface area contributed by atoms with E-state index in [4.69, 9.17) is 4.74 Å². The van der Waals surface area contributed by atoms with Gasteiger partial charge in [-0.25, -0.2) is 9.97 Å². The molecule has 3 nitrogen and oxygen atoms in total. The summed E-state index contributed by atoms with van der Waals surface area (Å²) in [4.78, 5) is 8.21. The van der Waals surface area contributed by atoms with E-state index in [2.05, 4.69) is 16.9 Å². The third kappa shape index (κ3) is 3.01. The van der Waals surface area contributed by atoms with Crippen LogP contribution >= 0.6 is 0 Å². The number of aromatic nitrogens is 2. The second kappa shape index (κ2) is 3.73. The molecule has 1 rings (SSSR count). The normalized spacial score (nSPS) is 11.4. The van der Waals surface area contributed by atoms with Crippen LogP contribution in [0, 0.1) is 6.92 Å². The fourth-order valence-corrected chi connectivity index (χ4v) is 0.794. The molecule has 3 heteroatoms. The summed E-state index contributed by atoms with van der Waals surface area (Å²) in [5, 5.41) is 0. The molecule has 13 heavy (non-hydrogen) atoms. The molecular formula is C10H16N2O. The highest BCUT2D eigenvalue weighted by Gasteiger charge is 2.17. The second-order valence-corrected chi connectivity index (χ2v) is 3.70. The molecule has 0 unspecified atom stereocenters. The Labute approximate surface area is 79.2 Å². The van der Waals surface area contributed by atoms with Gasteiger partial charge >= 0.3 is 6.01 Å². The summed E-state index contributed by atoms with van der Waals surface area (Å²) < 4.78 is 5.61. The van der Waals surface area contributed by atoms with Gasteiger partial charge in [0.2, 0.25) is 0 Å². The Bertz CT molecular complexity index is 284. The van der Waals surface area contributed by atoms with Crippen LogP contribution in [0.4, 0.5) is 0 Å². The first kappa shape index (κ1) is 9.96. The van der Waals surface area contributed by atoms with E-state index in [0.717, 1.165) is 12.1 Å². The zero-order valence-corrected chi connectivity index (χ0v) is 8.66. The molecule has 0 saturated heterocycles. The van der Waals surface area contributed by atoms with E-state index in [9.17, 15) is 0 Å². The minimum absolute atomic E-state index is 0.187. The molecule has 72 valence electrons. The average Bonchev–Trinajstić information content (AvgIpc) is 2.03. The first-order chi connectivity index (χ1) is 6.03. The highest BCUT2D eigenvalue weighted by Crippen LogP contribution is 2.16. The van der Waals surface area contributed by atoms with E-state index in [1.807, 2.05) is 26.8 Å². The fraction of sp³-hybridized carbons (Fsp3) is 0.600. The van der Waals surface area contributed by atoms with Crippen molar-refractivity contribution in [2.45, 2.75) is 39.7 Å². The van der Waals surface area contributed by atoms with Gasteiger partial charge < -0.3 is 4.74 Å². The lowest BCUT2D eigenvalue weighted by atomic mass is 10.1. The van der Waals surface area contributed by atoms with E-state index in [0.29, 0.717) is 6.01 Å². The minimum atomic E-state index is -0.187. The Morgan fingerprint density at radius 2 is 2.15 bits per heavy atom. The molecule has 0 N–H and O–H groups in total. The summed E-state index contributed by atoms with van der Waals surface area (Å²) in [6.45, 7) is 8.06. The molecule has 0 amide bonds. The Morgan fingerprint density at radius 1 is 1.46 bits per heavy atom. The van der Waals surface area contributed by atoms with Crippen molar-refractivity contribution in [3.8, 4) is 6.01 Å². The Hall–Kier alpha value is -1.12. The summed E-state index contributed by atoms with van der Waals surface area (Å²) in [6, 6.07) is 2.32. The van der Waals surface area contributed by atoms with Gasteiger partial charge in [-0.05, 0) is 33.3 Å². The third-order valence-electron chi connectivity index (χ3n) is 1.99. The highest BCUT2D eigenvalue weighted by atomic mass is 16.5. The average molecular weight is 180 g/mol. The van der Waals surface area contributed by atoms with Crippen LogP contribution in [-0.2, 0) is 0 Å². The van der Waals surface area contributed by atoms with Crippen molar-refractivity contribution in [2.75, 3.05) is 0 Å². The van der Waals surface area contributed by atoms with Crippen molar-refractivity contribution >= 4 is 0 Å². The van der Waals surface area contributed by atoms with Crippen LogP contribution in [0.2, 0.25) is 0 Å². The van der Waals surface area contributed by atoms with Crippen molar-refractivity contribution in [2.24, 2.45) is 0 Å². The standard InChI is InChI=1S/C10H16N2O/c1-5-10(3,4)13-9-11-7-6-8(2)12-9/h6-7H,5H2,1-4H3. The van der Waals surface area contributed by atoms with Gasteiger partial charge in [0, 0.05) is 11.9 Å². The van der Waals surface area contributed by atoms with Crippen LogP contribution in [0.5, 0.6) is 6.01 Å². The van der Waals surface area contributed by atoms with Crippen molar-refractivity contribution in [3.63, 3.8) is 0 Å². The lowest BCUT2D eigenvalue weighted by Gasteiger charge is -2.22. The van der Waals surface area contributed by atoms with Gasteiger partial charge in [-0.15, -0.1) is 0 Å². The molecule has 0 atom stereocenters. The topological polar surface area (TPSA) is 35.0 Å². The van der Waals surface area contributed by atoms with Gasteiger partial charge in [-0.3, -0.25) is 0 Å². The van der Waals surface area contributed by atoms with Gasteiger partial charge in [-0.1, -0.05) is 6.92 Å². The molecule has 0 aliphatic heterocycles. The predicted octanol–water partition coefficient (Wildman–Crippen LogP) is 2.35. The molecule has 0 aromatic carbocycles. The van der Waals surface area contributed by atoms with Crippen LogP contribution in [0.15, 0.2) is 12.3 Å². The van der Waals surface area contributed by atoms with Gasteiger partial charge in [-0.2, -0.15) is 0 Å². The third-order valence-corrected chi connectivity index (χ3v) is 1.99. The SMILES string of the molecule is CCC(C)(C)Oc1nccc(C)n1. The molecule has 0 radical (unpaired) electrons. The van der Waals surface area contributed by atoms with Crippen molar-refractivity contribution in [3.05, 3.63) is 18.0 Å². The summed E-state index contributed by atoms with van der Waals surface area (Å²) >= 11 is 0. The van der Waals surface area contributed by atoms with Gasteiger partial charge in [0.05, 0.1) is 0 Å². The zero-order chi connectivity index (χ0) is 9.90.